The van der Waals surface area contributed by atoms with E-state index in [1.807, 2.05) is 6.92 Å². The van der Waals surface area contributed by atoms with Gasteiger partial charge in [-0.2, -0.15) is 0 Å². The van der Waals surface area contributed by atoms with Crippen LogP contribution in [-0.4, -0.2) is 56.1 Å². The molecule has 1 aliphatic heterocycles. The van der Waals surface area contributed by atoms with E-state index in [1.54, 1.807) is 11.4 Å². The Labute approximate surface area is 99.7 Å². The number of piperidine rings is 1. The lowest BCUT2D eigenvalue weighted by molar-refractivity contribution is 0.176. The Morgan fingerprint density at radius 3 is 2.25 bits per heavy atom. The van der Waals surface area contributed by atoms with Crippen molar-refractivity contribution in [3.63, 3.8) is 0 Å². The van der Waals surface area contributed by atoms with Crippen LogP contribution in [0.25, 0.3) is 0 Å². The Hall–Kier alpha value is -0.130. The summed E-state index contributed by atoms with van der Waals surface area (Å²) in [7, 11) is -1.29. The molecule has 0 aliphatic carbocycles. The van der Waals surface area contributed by atoms with Gasteiger partial charge in [-0.25, -0.2) is 12.7 Å². The molecule has 0 N–H and O–H groups in total. The number of rotatable bonds is 5. The van der Waals surface area contributed by atoms with E-state index in [2.05, 4.69) is 11.8 Å². The Morgan fingerprint density at radius 2 is 1.81 bits per heavy atom. The van der Waals surface area contributed by atoms with E-state index in [0.29, 0.717) is 6.42 Å². The highest BCUT2D eigenvalue weighted by Gasteiger charge is 2.28. The zero-order chi connectivity index (χ0) is 12.2. The second kappa shape index (κ2) is 5.98. The molecular formula is C11H24N2O2S. The van der Waals surface area contributed by atoms with Crippen molar-refractivity contribution in [2.75, 3.05) is 32.4 Å². The lowest BCUT2D eigenvalue weighted by Crippen LogP contribution is -2.46. The van der Waals surface area contributed by atoms with Crippen LogP contribution in [0.3, 0.4) is 0 Å². The van der Waals surface area contributed by atoms with Gasteiger partial charge in [0.15, 0.2) is 0 Å². The summed E-state index contributed by atoms with van der Waals surface area (Å²) < 4.78 is 25.4. The van der Waals surface area contributed by atoms with Crippen molar-refractivity contribution in [3.8, 4) is 0 Å². The fourth-order valence-electron chi connectivity index (χ4n) is 2.23. The van der Waals surface area contributed by atoms with Crippen molar-refractivity contribution in [3.05, 3.63) is 0 Å². The summed E-state index contributed by atoms with van der Waals surface area (Å²) in [6.45, 7) is 7.17. The molecule has 1 aliphatic rings. The molecule has 0 bridgehead atoms. The monoisotopic (exact) mass is 248 g/mol. The first kappa shape index (κ1) is 13.9. The first-order chi connectivity index (χ1) is 7.51. The quantitative estimate of drug-likeness (QED) is 0.732. The van der Waals surface area contributed by atoms with Crippen LogP contribution < -0.4 is 0 Å². The zero-order valence-electron chi connectivity index (χ0n) is 10.6. The summed E-state index contributed by atoms with van der Waals surface area (Å²) in [6.07, 6.45) is 2.63. The van der Waals surface area contributed by atoms with Gasteiger partial charge in [0.2, 0.25) is 10.0 Å². The highest BCUT2D eigenvalue weighted by atomic mass is 32.2. The van der Waals surface area contributed by atoms with Crippen molar-refractivity contribution in [2.45, 2.75) is 39.2 Å². The lowest BCUT2D eigenvalue weighted by Gasteiger charge is -2.35. The maximum atomic E-state index is 11.9. The average Bonchev–Trinajstić information content (AvgIpc) is 2.28. The van der Waals surface area contributed by atoms with Crippen LogP contribution >= 0.6 is 0 Å². The molecule has 0 amide bonds. The number of sulfonamides is 1. The maximum Gasteiger partial charge on any atom is 0.214 e. The van der Waals surface area contributed by atoms with E-state index in [4.69, 9.17) is 0 Å². The molecule has 1 heterocycles. The molecule has 0 atom stereocenters. The molecule has 0 spiro atoms. The molecule has 4 nitrogen and oxygen atoms in total. The van der Waals surface area contributed by atoms with Crippen molar-refractivity contribution in [1.29, 1.82) is 0 Å². The summed E-state index contributed by atoms with van der Waals surface area (Å²) in [6, 6.07) is 0.208. The zero-order valence-corrected chi connectivity index (χ0v) is 11.5. The predicted molar refractivity (Wildman–Crippen MR) is 67.0 cm³/mol. The van der Waals surface area contributed by atoms with Crippen molar-refractivity contribution in [1.82, 2.24) is 9.21 Å². The standard InChI is InChI=1S/C11H24N2O2S/c1-4-10-16(14,15)12(3)11-6-8-13(5-2)9-7-11/h11H,4-10H2,1-3H3. The van der Waals surface area contributed by atoms with E-state index in [1.165, 1.54) is 0 Å². The predicted octanol–water partition coefficient (Wildman–Crippen LogP) is 1.14. The molecule has 16 heavy (non-hydrogen) atoms. The summed E-state index contributed by atoms with van der Waals surface area (Å²) in [5, 5.41) is 0. The molecule has 0 aromatic rings. The van der Waals surface area contributed by atoms with E-state index >= 15 is 0 Å². The number of likely N-dealkylation sites (tertiary alicyclic amines) is 1. The van der Waals surface area contributed by atoms with Gasteiger partial charge < -0.3 is 4.90 Å². The van der Waals surface area contributed by atoms with Crippen LogP contribution in [-0.2, 0) is 10.0 Å². The van der Waals surface area contributed by atoms with Crippen molar-refractivity contribution < 1.29 is 8.42 Å². The molecule has 1 fully saturated rings. The topological polar surface area (TPSA) is 40.6 Å². The number of hydrogen-bond acceptors (Lipinski definition) is 3. The summed E-state index contributed by atoms with van der Waals surface area (Å²) >= 11 is 0. The van der Waals surface area contributed by atoms with Gasteiger partial charge in [-0.15, -0.1) is 0 Å². The van der Waals surface area contributed by atoms with Crippen molar-refractivity contribution in [2.24, 2.45) is 0 Å². The highest BCUT2D eigenvalue weighted by molar-refractivity contribution is 7.89. The van der Waals surface area contributed by atoms with Gasteiger partial charge in [0.1, 0.15) is 0 Å². The van der Waals surface area contributed by atoms with E-state index in [9.17, 15) is 8.42 Å². The Bertz CT molecular complexity index is 295. The maximum absolute atomic E-state index is 11.9. The van der Waals surface area contributed by atoms with Gasteiger partial charge in [-0.1, -0.05) is 13.8 Å². The number of nitrogens with zero attached hydrogens (tertiary/aromatic N) is 2. The van der Waals surface area contributed by atoms with Crippen LogP contribution in [0.5, 0.6) is 0 Å². The molecule has 96 valence electrons. The van der Waals surface area contributed by atoms with Crippen LogP contribution in [0, 0.1) is 0 Å². The fourth-order valence-corrected chi connectivity index (χ4v) is 3.70. The average molecular weight is 248 g/mol. The Morgan fingerprint density at radius 1 is 1.25 bits per heavy atom. The van der Waals surface area contributed by atoms with Gasteiger partial charge >= 0.3 is 0 Å². The van der Waals surface area contributed by atoms with E-state index < -0.39 is 10.0 Å². The van der Waals surface area contributed by atoms with E-state index in [-0.39, 0.29) is 11.8 Å². The molecule has 0 aromatic carbocycles. The normalized spacial score (nSPS) is 20.5. The third kappa shape index (κ3) is 3.43. The van der Waals surface area contributed by atoms with E-state index in [0.717, 1.165) is 32.5 Å². The highest BCUT2D eigenvalue weighted by Crippen LogP contribution is 2.18. The van der Waals surface area contributed by atoms with Gasteiger partial charge in [0.25, 0.3) is 0 Å². The molecule has 0 saturated carbocycles. The molecule has 0 unspecified atom stereocenters. The largest absolute Gasteiger partial charge is 0.303 e. The SMILES string of the molecule is CCCS(=O)(=O)N(C)C1CCN(CC)CC1. The summed E-state index contributed by atoms with van der Waals surface area (Å²) in [4.78, 5) is 2.37. The Kier molecular flexibility index (Phi) is 5.21. The Balaban J connectivity index is 2.53. The van der Waals surface area contributed by atoms with Gasteiger partial charge in [-0.3, -0.25) is 0 Å². The first-order valence-electron chi connectivity index (χ1n) is 6.19. The summed E-state index contributed by atoms with van der Waals surface area (Å²) in [5.41, 5.74) is 0. The number of hydrogen-bond donors (Lipinski definition) is 0. The molecule has 1 saturated heterocycles. The van der Waals surface area contributed by atoms with Crippen LogP contribution in [0.4, 0.5) is 0 Å². The fraction of sp³-hybridized carbons (Fsp3) is 1.00. The third-order valence-electron chi connectivity index (χ3n) is 3.42. The minimum atomic E-state index is -3.02. The van der Waals surface area contributed by atoms with Crippen LogP contribution in [0.2, 0.25) is 0 Å². The van der Waals surface area contributed by atoms with Crippen molar-refractivity contribution >= 4 is 10.0 Å². The van der Waals surface area contributed by atoms with Gasteiger partial charge in [0.05, 0.1) is 5.75 Å². The molecular weight excluding hydrogens is 224 g/mol. The van der Waals surface area contributed by atoms with Crippen LogP contribution in [0.1, 0.15) is 33.1 Å². The smallest absolute Gasteiger partial charge is 0.214 e. The first-order valence-corrected chi connectivity index (χ1v) is 7.80. The third-order valence-corrected chi connectivity index (χ3v) is 5.52. The second-order valence-electron chi connectivity index (χ2n) is 4.50. The summed E-state index contributed by atoms with van der Waals surface area (Å²) in [5.74, 6) is 0.275. The second-order valence-corrected chi connectivity index (χ2v) is 6.65. The molecule has 0 aromatic heterocycles. The van der Waals surface area contributed by atoms with Crippen LogP contribution in [0.15, 0.2) is 0 Å². The minimum Gasteiger partial charge on any atom is -0.303 e. The molecule has 1 rings (SSSR count). The lowest BCUT2D eigenvalue weighted by atomic mass is 10.1. The minimum absolute atomic E-state index is 0.208. The van der Waals surface area contributed by atoms with Gasteiger partial charge in [0, 0.05) is 13.1 Å². The van der Waals surface area contributed by atoms with Gasteiger partial charge in [-0.05, 0) is 38.9 Å². The molecule has 0 radical (unpaired) electrons. The molecule has 5 heteroatoms.